The molecule has 0 atom stereocenters. The lowest BCUT2D eigenvalue weighted by Crippen LogP contribution is -2.13. The van der Waals surface area contributed by atoms with Gasteiger partial charge in [-0.1, -0.05) is 6.07 Å². The van der Waals surface area contributed by atoms with Crippen molar-refractivity contribution in [3.8, 4) is 23.0 Å². The van der Waals surface area contributed by atoms with Crippen LogP contribution in [-0.2, 0) is 10.0 Å². The van der Waals surface area contributed by atoms with Crippen molar-refractivity contribution in [1.82, 2.24) is 9.97 Å². The van der Waals surface area contributed by atoms with Crippen LogP contribution in [0.2, 0.25) is 0 Å². The van der Waals surface area contributed by atoms with Gasteiger partial charge in [-0.2, -0.15) is 4.98 Å². The van der Waals surface area contributed by atoms with Gasteiger partial charge < -0.3 is 29.6 Å². The van der Waals surface area contributed by atoms with E-state index in [1.54, 1.807) is 30.3 Å². The number of sulfonamides is 1. The maximum atomic E-state index is 14.5. The Labute approximate surface area is 196 Å². The molecule has 0 fully saturated rings. The summed E-state index contributed by atoms with van der Waals surface area (Å²) < 4.78 is 61.7. The number of ether oxygens (including phenoxy) is 4. The van der Waals surface area contributed by atoms with Crippen molar-refractivity contribution in [2.75, 3.05) is 50.1 Å². The first-order valence-corrected chi connectivity index (χ1v) is 11.6. The second-order valence-corrected chi connectivity index (χ2v) is 8.56. The van der Waals surface area contributed by atoms with E-state index in [4.69, 9.17) is 18.9 Å². The standard InChI is InChI=1S/C21H24FN5O6S/c1-30-15-8-6-7-14(18(15)27-34(5,28)29)25-20-13(22)11-23-21(26-20)24-12-9-16(31-2)19(33-4)17(10-12)32-3/h6-11,27H,1-5H3,(H2,23,24,25,26). The smallest absolute Gasteiger partial charge is 0.230 e. The topological polar surface area (TPSA) is 133 Å². The lowest BCUT2D eigenvalue weighted by Gasteiger charge is -2.17. The number of nitrogens with one attached hydrogen (secondary N) is 3. The molecular weight excluding hydrogens is 469 g/mol. The van der Waals surface area contributed by atoms with E-state index in [1.807, 2.05) is 0 Å². The molecule has 0 aliphatic rings. The van der Waals surface area contributed by atoms with Gasteiger partial charge in [0.2, 0.25) is 21.7 Å². The summed E-state index contributed by atoms with van der Waals surface area (Å²) in [5.41, 5.74) is 0.818. The average molecular weight is 494 g/mol. The van der Waals surface area contributed by atoms with Gasteiger partial charge >= 0.3 is 0 Å². The first kappa shape index (κ1) is 24.6. The number of anilines is 5. The molecule has 1 aromatic heterocycles. The maximum Gasteiger partial charge on any atom is 0.230 e. The summed E-state index contributed by atoms with van der Waals surface area (Å²) in [5, 5.41) is 5.74. The molecule has 0 saturated heterocycles. The number of benzene rings is 2. The lowest BCUT2D eigenvalue weighted by molar-refractivity contribution is 0.324. The highest BCUT2D eigenvalue weighted by atomic mass is 32.2. The molecule has 0 unspecified atom stereocenters. The molecule has 0 amide bonds. The quantitative estimate of drug-likeness (QED) is 0.385. The molecule has 0 saturated carbocycles. The molecule has 3 aromatic rings. The SMILES string of the molecule is COc1cccc(Nc2nc(Nc3cc(OC)c(OC)c(OC)c3)ncc2F)c1NS(C)(=O)=O. The van der Waals surface area contributed by atoms with E-state index in [0.717, 1.165) is 12.5 Å². The van der Waals surface area contributed by atoms with Crippen LogP contribution in [0.3, 0.4) is 0 Å². The van der Waals surface area contributed by atoms with Crippen LogP contribution in [0.4, 0.5) is 33.2 Å². The van der Waals surface area contributed by atoms with E-state index in [0.29, 0.717) is 22.9 Å². The molecule has 1 heterocycles. The summed E-state index contributed by atoms with van der Waals surface area (Å²) >= 11 is 0. The van der Waals surface area contributed by atoms with Gasteiger partial charge in [0.1, 0.15) is 11.4 Å². The van der Waals surface area contributed by atoms with Gasteiger partial charge in [-0.05, 0) is 12.1 Å². The van der Waals surface area contributed by atoms with E-state index in [2.05, 4.69) is 25.3 Å². The Morgan fingerprint density at radius 3 is 2.12 bits per heavy atom. The van der Waals surface area contributed by atoms with Gasteiger partial charge in [0, 0.05) is 17.8 Å². The van der Waals surface area contributed by atoms with Crippen LogP contribution in [-0.4, -0.2) is 53.1 Å². The van der Waals surface area contributed by atoms with Crippen LogP contribution in [0.5, 0.6) is 23.0 Å². The number of hydrogen-bond acceptors (Lipinski definition) is 10. The van der Waals surface area contributed by atoms with Crippen molar-refractivity contribution in [2.24, 2.45) is 0 Å². The average Bonchev–Trinajstić information content (AvgIpc) is 2.80. The van der Waals surface area contributed by atoms with Crippen molar-refractivity contribution in [3.63, 3.8) is 0 Å². The molecule has 0 aliphatic heterocycles. The number of aromatic nitrogens is 2. The largest absolute Gasteiger partial charge is 0.494 e. The molecule has 0 spiro atoms. The van der Waals surface area contributed by atoms with Crippen molar-refractivity contribution in [1.29, 1.82) is 0 Å². The fourth-order valence-electron chi connectivity index (χ4n) is 3.02. The molecule has 0 aliphatic carbocycles. The molecular formula is C21H24FN5O6S. The summed E-state index contributed by atoms with van der Waals surface area (Å²) in [6.45, 7) is 0. The Hall–Kier alpha value is -4.00. The van der Waals surface area contributed by atoms with E-state index in [9.17, 15) is 12.8 Å². The Kier molecular flexibility index (Phi) is 7.46. The summed E-state index contributed by atoms with van der Waals surface area (Å²) in [6, 6.07) is 7.99. The van der Waals surface area contributed by atoms with Crippen molar-refractivity contribution in [2.45, 2.75) is 0 Å². The van der Waals surface area contributed by atoms with Gasteiger partial charge in [-0.3, -0.25) is 4.72 Å². The van der Waals surface area contributed by atoms with Crippen molar-refractivity contribution >= 4 is 38.9 Å². The fourth-order valence-corrected chi connectivity index (χ4v) is 3.60. The van der Waals surface area contributed by atoms with Crippen LogP contribution in [0, 0.1) is 5.82 Å². The van der Waals surface area contributed by atoms with Gasteiger partial charge in [-0.25, -0.2) is 17.8 Å². The molecule has 11 nitrogen and oxygen atoms in total. The second kappa shape index (κ2) is 10.3. The number of hydrogen-bond donors (Lipinski definition) is 3. The number of halogens is 1. The molecule has 0 bridgehead atoms. The third kappa shape index (κ3) is 5.67. The minimum absolute atomic E-state index is 0.0543. The zero-order chi connectivity index (χ0) is 24.9. The number of rotatable bonds is 10. The summed E-state index contributed by atoms with van der Waals surface area (Å²) in [4.78, 5) is 8.13. The van der Waals surface area contributed by atoms with Gasteiger partial charge in [-0.15, -0.1) is 0 Å². The predicted octanol–water partition coefficient (Wildman–Crippen LogP) is 3.51. The molecule has 3 N–H and O–H groups in total. The van der Waals surface area contributed by atoms with E-state index in [-0.39, 0.29) is 28.9 Å². The zero-order valence-electron chi connectivity index (χ0n) is 19.1. The van der Waals surface area contributed by atoms with Gasteiger partial charge in [0.25, 0.3) is 0 Å². The van der Waals surface area contributed by atoms with Crippen LogP contribution in [0.15, 0.2) is 36.5 Å². The van der Waals surface area contributed by atoms with E-state index < -0.39 is 15.8 Å². The monoisotopic (exact) mass is 493 g/mol. The number of nitrogens with zero attached hydrogens (tertiary/aromatic N) is 2. The Bertz CT molecular complexity index is 1260. The molecule has 182 valence electrons. The first-order valence-electron chi connectivity index (χ1n) is 9.70. The zero-order valence-corrected chi connectivity index (χ0v) is 19.9. The predicted molar refractivity (Wildman–Crippen MR) is 126 cm³/mol. The minimum Gasteiger partial charge on any atom is -0.494 e. The van der Waals surface area contributed by atoms with Gasteiger partial charge in [0.05, 0.1) is 46.6 Å². The van der Waals surface area contributed by atoms with E-state index in [1.165, 1.54) is 28.4 Å². The fraction of sp³-hybridized carbons (Fsp3) is 0.238. The van der Waals surface area contributed by atoms with E-state index >= 15 is 0 Å². The van der Waals surface area contributed by atoms with Crippen LogP contribution >= 0.6 is 0 Å². The molecule has 3 rings (SSSR count). The summed E-state index contributed by atoms with van der Waals surface area (Å²) in [6.07, 6.45) is 1.97. The van der Waals surface area contributed by atoms with Crippen molar-refractivity contribution in [3.05, 3.63) is 42.3 Å². The Balaban J connectivity index is 1.96. The minimum atomic E-state index is -3.65. The number of methoxy groups -OCH3 is 4. The third-order valence-electron chi connectivity index (χ3n) is 4.45. The summed E-state index contributed by atoms with van der Waals surface area (Å²) in [7, 11) is 2.19. The van der Waals surface area contributed by atoms with Crippen LogP contribution in [0.25, 0.3) is 0 Å². The highest BCUT2D eigenvalue weighted by Gasteiger charge is 2.17. The molecule has 2 aromatic carbocycles. The Morgan fingerprint density at radius 1 is 0.912 bits per heavy atom. The number of para-hydroxylation sites is 1. The molecule has 0 radical (unpaired) electrons. The van der Waals surface area contributed by atoms with Crippen LogP contribution in [0.1, 0.15) is 0 Å². The summed E-state index contributed by atoms with van der Waals surface area (Å²) in [5.74, 6) is 0.537. The second-order valence-electron chi connectivity index (χ2n) is 6.81. The molecule has 34 heavy (non-hydrogen) atoms. The highest BCUT2D eigenvalue weighted by Crippen LogP contribution is 2.40. The highest BCUT2D eigenvalue weighted by molar-refractivity contribution is 7.92. The first-order chi connectivity index (χ1) is 16.2. The van der Waals surface area contributed by atoms with Crippen LogP contribution < -0.4 is 34.3 Å². The molecule has 13 heteroatoms. The normalized spacial score (nSPS) is 10.9. The Morgan fingerprint density at radius 2 is 1.56 bits per heavy atom. The van der Waals surface area contributed by atoms with Crippen molar-refractivity contribution < 1.29 is 31.8 Å². The maximum absolute atomic E-state index is 14.5. The third-order valence-corrected chi connectivity index (χ3v) is 5.03. The van der Waals surface area contributed by atoms with Gasteiger partial charge in [0.15, 0.2) is 23.1 Å². The lowest BCUT2D eigenvalue weighted by atomic mass is 10.2.